The van der Waals surface area contributed by atoms with E-state index in [1.54, 1.807) is 0 Å². The molecular formula is C20H35ClN4. The molecule has 3 rings (SSSR count). The van der Waals surface area contributed by atoms with Gasteiger partial charge in [0.1, 0.15) is 0 Å². The lowest BCUT2D eigenvalue weighted by molar-refractivity contribution is -0.897. The average Bonchev–Trinajstić information content (AvgIpc) is 2.85. The first-order valence-corrected chi connectivity index (χ1v) is 9.73. The van der Waals surface area contributed by atoms with E-state index >= 15 is 0 Å². The van der Waals surface area contributed by atoms with Crippen molar-refractivity contribution in [2.24, 2.45) is 0 Å². The second kappa shape index (κ2) is 9.11. The summed E-state index contributed by atoms with van der Waals surface area (Å²) < 4.78 is 1.31. The quantitative estimate of drug-likeness (QED) is 0.575. The molecule has 0 saturated carbocycles. The average molecular weight is 367 g/mol. The maximum absolute atomic E-state index is 5.96. The molecule has 1 aromatic carbocycles. The Hall–Kier alpha value is -0.970. The highest BCUT2D eigenvalue weighted by molar-refractivity contribution is 5.58. The summed E-state index contributed by atoms with van der Waals surface area (Å²) in [5, 5.41) is 0. The number of hydrogen-bond acceptors (Lipinski definition) is 3. The highest BCUT2D eigenvalue weighted by atomic mass is 35.5. The van der Waals surface area contributed by atoms with Crippen molar-refractivity contribution in [2.45, 2.75) is 32.6 Å². The van der Waals surface area contributed by atoms with E-state index in [2.05, 4.69) is 35.9 Å². The van der Waals surface area contributed by atoms with E-state index < -0.39 is 0 Å². The van der Waals surface area contributed by atoms with Gasteiger partial charge in [-0.25, -0.2) is 0 Å². The van der Waals surface area contributed by atoms with Gasteiger partial charge in [0.05, 0.1) is 26.7 Å². The van der Waals surface area contributed by atoms with Crippen LogP contribution in [0.3, 0.4) is 0 Å². The first kappa shape index (κ1) is 20.3. The Morgan fingerprint density at radius 2 is 1.80 bits per heavy atom. The van der Waals surface area contributed by atoms with Crippen LogP contribution in [0.1, 0.15) is 31.2 Å². The molecule has 2 saturated heterocycles. The third kappa shape index (κ3) is 5.50. The van der Waals surface area contributed by atoms with Crippen LogP contribution in [0, 0.1) is 6.92 Å². The topological polar surface area (TPSA) is 32.5 Å². The lowest BCUT2D eigenvalue weighted by Crippen LogP contribution is -3.00. The molecule has 0 radical (unpaired) electrons. The van der Waals surface area contributed by atoms with Gasteiger partial charge in [0.2, 0.25) is 0 Å². The molecule has 5 heteroatoms. The van der Waals surface area contributed by atoms with Crippen LogP contribution in [-0.4, -0.2) is 68.8 Å². The van der Waals surface area contributed by atoms with Crippen LogP contribution >= 0.6 is 0 Å². The molecule has 0 amide bonds. The predicted molar refractivity (Wildman–Crippen MR) is 103 cm³/mol. The summed E-state index contributed by atoms with van der Waals surface area (Å²) in [5.41, 5.74) is 9.38. The third-order valence-electron chi connectivity index (χ3n) is 6.03. The number of nitrogen functional groups attached to an aromatic ring is 1. The minimum absolute atomic E-state index is 0. The van der Waals surface area contributed by atoms with Gasteiger partial charge in [-0.2, -0.15) is 0 Å². The molecule has 2 N–H and O–H groups in total. The van der Waals surface area contributed by atoms with Gasteiger partial charge in [-0.05, 0) is 43.7 Å². The van der Waals surface area contributed by atoms with Gasteiger partial charge in [0.15, 0.2) is 0 Å². The number of likely N-dealkylation sites (tertiary alicyclic amines) is 1. The zero-order valence-electron chi connectivity index (χ0n) is 16.0. The smallest absolute Gasteiger partial charge is 0.0796 e. The third-order valence-corrected chi connectivity index (χ3v) is 6.03. The summed E-state index contributed by atoms with van der Waals surface area (Å²) >= 11 is 0. The lowest BCUT2D eigenvalue weighted by atomic mass is 10.1. The lowest BCUT2D eigenvalue weighted by Gasteiger charge is -2.30. The van der Waals surface area contributed by atoms with Gasteiger partial charge in [-0.1, -0.05) is 0 Å². The molecule has 1 aromatic rings. The fourth-order valence-corrected chi connectivity index (χ4v) is 4.31. The molecule has 0 atom stereocenters. The second-order valence-corrected chi connectivity index (χ2v) is 8.07. The van der Waals surface area contributed by atoms with E-state index in [1.807, 2.05) is 6.07 Å². The first-order chi connectivity index (χ1) is 11.6. The fourth-order valence-electron chi connectivity index (χ4n) is 4.31. The normalized spacial score (nSPS) is 21.0. The summed E-state index contributed by atoms with van der Waals surface area (Å²) in [6.07, 6.45) is 5.46. The molecule has 0 bridgehead atoms. The van der Waals surface area contributed by atoms with Crippen molar-refractivity contribution >= 4 is 11.4 Å². The Morgan fingerprint density at radius 1 is 1.04 bits per heavy atom. The Labute approximate surface area is 160 Å². The van der Waals surface area contributed by atoms with Crippen molar-refractivity contribution in [3.8, 4) is 0 Å². The minimum Gasteiger partial charge on any atom is -1.00 e. The molecule has 2 heterocycles. The monoisotopic (exact) mass is 366 g/mol. The van der Waals surface area contributed by atoms with Crippen LogP contribution < -0.4 is 23.0 Å². The largest absolute Gasteiger partial charge is 1.00 e. The second-order valence-electron chi connectivity index (χ2n) is 8.07. The number of nitrogens with zero attached hydrogens (tertiary/aromatic N) is 3. The molecule has 0 spiro atoms. The van der Waals surface area contributed by atoms with E-state index in [9.17, 15) is 0 Å². The number of quaternary nitrogens is 1. The van der Waals surface area contributed by atoms with Crippen molar-refractivity contribution in [2.75, 3.05) is 70.0 Å². The van der Waals surface area contributed by atoms with Crippen LogP contribution in [0.25, 0.3) is 0 Å². The van der Waals surface area contributed by atoms with Gasteiger partial charge in [0, 0.05) is 56.8 Å². The van der Waals surface area contributed by atoms with E-state index in [4.69, 9.17) is 5.73 Å². The molecule has 142 valence electrons. The number of anilines is 2. The molecule has 2 fully saturated rings. The van der Waals surface area contributed by atoms with Crippen molar-refractivity contribution in [1.29, 1.82) is 0 Å². The number of halogens is 1. The standard InChI is InChI=1S/C20H35N4.ClH/c1-18-17-19(7-8-20(18)21)23-11-5-9-22(12-13-23)10-6-16-24(2)14-3-4-15-24;/h7-8,17H,3-6,9-16,21H2,1-2H3;1H/q+1;/p-1. The molecule has 4 nitrogen and oxygen atoms in total. The van der Waals surface area contributed by atoms with Crippen LogP contribution in [0.2, 0.25) is 0 Å². The van der Waals surface area contributed by atoms with Crippen molar-refractivity contribution in [1.82, 2.24) is 4.90 Å². The Morgan fingerprint density at radius 3 is 2.52 bits per heavy atom. The zero-order chi connectivity index (χ0) is 17.0. The van der Waals surface area contributed by atoms with Gasteiger partial charge in [-0.15, -0.1) is 0 Å². The summed E-state index contributed by atoms with van der Waals surface area (Å²) in [5.74, 6) is 0. The van der Waals surface area contributed by atoms with Crippen LogP contribution in [0.4, 0.5) is 11.4 Å². The van der Waals surface area contributed by atoms with Crippen LogP contribution in [0.5, 0.6) is 0 Å². The number of nitrogens with two attached hydrogens (primary N) is 1. The molecule has 25 heavy (non-hydrogen) atoms. The fraction of sp³-hybridized carbons (Fsp3) is 0.700. The van der Waals surface area contributed by atoms with Crippen LogP contribution in [-0.2, 0) is 0 Å². The van der Waals surface area contributed by atoms with Gasteiger partial charge in [0.25, 0.3) is 0 Å². The first-order valence-electron chi connectivity index (χ1n) is 9.73. The Balaban J connectivity index is 0.00000225. The van der Waals surface area contributed by atoms with Gasteiger partial charge >= 0.3 is 0 Å². The highest BCUT2D eigenvalue weighted by Crippen LogP contribution is 2.22. The minimum atomic E-state index is 0. The molecule has 2 aliphatic rings. The van der Waals surface area contributed by atoms with E-state index in [0.717, 1.165) is 18.8 Å². The summed E-state index contributed by atoms with van der Waals surface area (Å²) in [6, 6.07) is 6.47. The van der Waals surface area contributed by atoms with E-state index in [-0.39, 0.29) is 12.4 Å². The van der Waals surface area contributed by atoms with Gasteiger partial charge in [-0.3, -0.25) is 0 Å². The van der Waals surface area contributed by atoms with Crippen molar-refractivity contribution in [3.05, 3.63) is 23.8 Å². The highest BCUT2D eigenvalue weighted by Gasteiger charge is 2.26. The predicted octanol–water partition coefficient (Wildman–Crippen LogP) is -0.276. The summed E-state index contributed by atoms with van der Waals surface area (Å²) in [7, 11) is 2.45. The van der Waals surface area contributed by atoms with Crippen molar-refractivity contribution < 1.29 is 16.9 Å². The molecule has 2 aliphatic heterocycles. The maximum atomic E-state index is 5.96. The molecule has 0 aliphatic carbocycles. The Bertz CT molecular complexity index is 542. The maximum Gasteiger partial charge on any atom is 0.0796 e. The van der Waals surface area contributed by atoms with Crippen LogP contribution in [0.15, 0.2) is 18.2 Å². The van der Waals surface area contributed by atoms with Gasteiger partial charge < -0.3 is 32.4 Å². The Kier molecular flexibility index (Phi) is 7.41. The van der Waals surface area contributed by atoms with Crippen molar-refractivity contribution in [3.63, 3.8) is 0 Å². The molecular weight excluding hydrogens is 332 g/mol. The number of benzene rings is 1. The SMILES string of the molecule is Cc1cc(N2CCCN(CCC[N+]3(C)CCCC3)CC2)ccc1N.[Cl-]. The number of rotatable bonds is 5. The van der Waals surface area contributed by atoms with E-state index in [1.165, 1.54) is 80.7 Å². The number of hydrogen-bond donors (Lipinski definition) is 1. The summed E-state index contributed by atoms with van der Waals surface area (Å²) in [4.78, 5) is 5.20. The molecule has 0 aromatic heterocycles. The molecule has 0 unspecified atom stereocenters. The number of aryl methyl sites for hydroxylation is 1. The van der Waals surface area contributed by atoms with E-state index in [0.29, 0.717) is 0 Å². The zero-order valence-corrected chi connectivity index (χ0v) is 16.8. The summed E-state index contributed by atoms with van der Waals surface area (Å²) in [6.45, 7) is 12.2.